The molecule has 0 unspecified atom stereocenters. The van der Waals surface area contributed by atoms with Crippen molar-refractivity contribution in [2.45, 2.75) is 45.4 Å². The topological polar surface area (TPSA) is 51.0 Å². The van der Waals surface area contributed by atoms with E-state index in [0.717, 1.165) is 73.2 Å². The summed E-state index contributed by atoms with van der Waals surface area (Å²) in [6, 6.07) is 50.1. The number of hydrogen-bond acceptors (Lipinski definition) is 6. The third-order valence-corrected chi connectivity index (χ3v) is 10.7. The fourth-order valence-corrected chi connectivity index (χ4v) is 7.65. The van der Waals surface area contributed by atoms with E-state index < -0.39 is 0 Å². The van der Waals surface area contributed by atoms with E-state index in [1.807, 2.05) is 54.9 Å². The summed E-state index contributed by atoms with van der Waals surface area (Å²) in [5.41, 5.74) is 9.17. The van der Waals surface area contributed by atoms with E-state index in [1.165, 1.54) is 11.1 Å². The van der Waals surface area contributed by atoms with Crippen molar-refractivity contribution in [3.8, 4) is 23.0 Å². The summed E-state index contributed by atoms with van der Waals surface area (Å²) in [6.45, 7) is 11.7. The van der Waals surface area contributed by atoms with Gasteiger partial charge in [0.2, 0.25) is 0 Å². The Kier molecular flexibility index (Phi) is 8.34. The number of para-hydroxylation sites is 4. The molecule has 55 heavy (non-hydrogen) atoms. The highest BCUT2D eigenvalue weighted by Gasteiger charge is 2.31. The second kappa shape index (κ2) is 13.4. The molecule has 9 rings (SSSR count). The van der Waals surface area contributed by atoms with Gasteiger partial charge in [-0.15, -0.1) is 0 Å². The number of rotatable bonds is 8. The second-order valence-corrected chi connectivity index (χ2v) is 15.7. The van der Waals surface area contributed by atoms with Crippen LogP contribution in [0, 0.1) is 0 Å². The first-order valence-electron chi connectivity index (χ1n) is 18.8. The number of benzene rings is 6. The lowest BCUT2D eigenvalue weighted by Gasteiger charge is -2.29. The van der Waals surface area contributed by atoms with Gasteiger partial charge in [0, 0.05) is 45.8 Å². The Morgan fingerprint density at radius 3 is 2.07 bits per heavy atom. The SMILES string of the molecule is CC(C)(C)c1ccc2oc3cc(Oc4cccc(N5CN(c6ccccc6Oc6cnccc6C(C)(C)c6ccccc6)c6ccccc65)c4)ccc3c2c1. The molecule has 0 fully saturated rings. The Morgan fingerprint density at radius 2 is 1.27 bits per heavy atom. The molecule has 0 N–H and O–H groups in total. The predicted octanol–water partition coefficient (Wildman–Crippen LogP) is 13.4. The number of nitrogens with zero attached hydrogens (tertiary/aromatic N) is 3. The lowest BCUT2D eigenvalue weighted by Crippen LogP contribution is -2.24. The van der Waals surface area contributed by atoms with E-state index in [1.54, 1.807) is 0 Å². The van der Waals surface area contributed by atoms with Gasteiger partial charge in [0.05, 0.1) is 23.3 Å². The van der Waals surface area contributed by atoms with Gasteiger partial charge in [-0.2, -0.15) is 0 Å². The Morgan fingerprint density at radius 1 is 0.545 bits per heavy atom. The van der Waals surface area contributed by atoms with Crippen LogP contribution in [0.25, 0.3) is 21.9 Å². The third-order valence-electron chi connectivity index (χ3n) is 10.7. The number of hydrogen-bond donors (Lipinski definition) is 0. The second-order valence-electron chi connectivity index (χ2n) is 15.7. The van der Waals surface area contributed by atoms with E-state index in [-0.39, 0.29) is 10.8 Å². The zero-order chi connectivity index (χ0) is 37.7. The fourth-order valence-electron chi connectivity index (χ4n) is 7.65. The normalized spacial score (nSPS) is 13.0. The van der Waals surface area contributed by atoms with Gasteiger partial charge < -0.3 is 23.7 Å². The molecule has 0 atom stereocenters. The van der Waals surface area contributed by atoms with Crippen LogP contribution in [-0.2, 0) is 10.8 Å². The van der Waals surface area contributed by atoms with Crippen molar-refractivity contribution in [2.24, 2.45) is 0 Å². The zero-order valence-electron chi connectivity index (χ0n) is 31.8. The maximum absolute atomic E-state index is 6.82. The van der Waals surface area contributed by atoms with Crippen LogP contribution in [0.4, 0.5) is 22.7 Å². The van der Waals surface area contributed by atoms with Crippen LogP contribution in [0.1, 0.15) is 51.3 Å². The van der Waals surface area contributed by atoms with E-state index in [9.17, 15) is 0 Å². The van der Waals surface area contributed by atoms with Crippen LogP contribution >= 0.6 is 0 Å². The maximum Gasteiger partial charge on any atom is 0.151 e. The average molecular weight is 722 g/mol. The molecule has 6 nitrogen and oxygen atoms in total. The van der Waals surface area contributed by atoms with Crippen molar-refractivity contribution in [1.82, 2.24) is 4.98 Å². The molecule has 1 aliphatic rings. The molecular weight excluding hydrogens is 679 g/mol. The number of ether oxygens (including phenoxy) is 2. The van der Waals surface area contributed by atoms with Crippen LogP contribution in [0.2, 0.25) is 0 Å². The summed E-state index contributed by atoms with van der Waals surface area (Å²) in [5, 5.41) is 2.21. The fraction of sp³-hybridized carbons (Fsp3) is 0.163. The highest BCUT2D eigenvalue weighted by Crippen LogP contribution is 2.48. The minimum atomic E-state index is -0.299. The quantitative estimate of drug-likeness (QED) is 0.156. The molecule has 272 valence electrons. The van der Waals surface area contributed by atoms with Crippen molar-refractivity contribution >= 4 is 44.7 Å². The molecule has 6 heteroatoms. The summed E-state index contributed by atoms with van der Waals surface area (Å²) in [4.78, 5) is 9.08. The number of pyridine rings is 1. The molecule has 3 heterocycles. The van der Waals surface area contributed by atoms with Gasteiger partial charge >= 0.3 is 0 Å². The smallest absolute Gasteiger partial charge is 0.151 e. The molecule has 6 aromatic carbocycles. The highest BCUT2D eigenvalue weighted by atomic mass is 16.5. The third kappa shape index (κ3) is 6.33. The Bertz CT molecular complexity index is 2670. The van der Waals surface area contributed by atoms with Crippen molar-refractivity contribution in [3.05, 3.63) is 175 Å². The van der Waals surface area contributed by atoms with E-state index >= 15 is 0 Å². The van der Waals surface area contributed by atoms with Gasteiger partial charge in [-0.1, -0.05) is 101 Å². The van der Waals surface area contributed by atoms with Crippen molar-refractivity contribution in [3.63, 3.8) is 0 Å². The largest absolute Gasteiger partial charge is 0.457 e. The lowest BCUT2D eigenvalue weighted by atomic mass is 9.78. The standard InChI is InChI=1S/C49H43N3O3/c1-48(2,3)34-22-25-44-39(28-34)38-24-23-37(30-46(38)54-44)53-36-17-13-16-35(29-36)51-32-52(42-19-10-9-18-41(42)51)43-20-11-12-21-45(43)55-47-31-50-27-26-40(47)49(4,5)33-14-7-6-8-15-33/h6-31H,32H2,1-5H3. The van der Waals surface area contributed by atoms with E-state index in [2.05, 4.69) is 153 Å². The van der Waals surface area contributed by atoms with Gasteiger partial charge in [-0.05, 0) is 83.3 Å². The summed E-state index contributed by atoms with van der Waals surface area (Å²) in [5.74, 6) is 2.95. The first-order valence-corrected chi connectivity index (χ1v) is 18.8. The Labute approximate surface area is 322 Å². The first-order chi connectivity index (χ1) is 26.6. The number of anilines is 4. The molecule has 8 aromatic rings. The first kappa shape index (κ1) is 34.3. The summed E-state index contributed by atoms with van der Waals surface area (Å²) >= 11 is 0. The molecule has 0 amide bonds. The van der Waals surface area contributed by atoms with Crippen LogP contribution < -0.4 is 19.3 Å². The van der Waals surface area contributed by atoms with E-state index in [0.29, 0.717) is 6.67 Å². The van der Waals surface area contributed by atoms with Crippen LogP contribution in [0.5, 0.6) is 23.0 Å². The molecule has 0 bridgehead atoms. The van der Waals surface area contributed by atoms with Crippen LogP contribution in [0.15, 0.2) is 162 Å². The van der Waals surface area contributed by atoms with Gasteiger partial charge in [0.15, 0.2) is 5.75 Å². The molecule has 1 aliphatic heterocycles. The molecule has 0 saturated carbocycles. The maximum atomic E-state index is 6.82. The van der Waals surface area contributed by atoms with Crippen molar-refractivity contribution < 1.29 is 13.9 Å². The number of furan rings is 1. The van der Waals surface area contributed by atoms with Crippen LogP contribution in [-0.4, -0.2) is 11.7 Å². The molecule has 0 aliphatic carbocycles. The number of fused-ring (bicyclic) bond motifs is 4. The monoisotopic (exact) mass is 721 g/mol. The molecule has 0 saturated heterocycles. The van der Waals surface area contributed by atoms with Gasteiger partial charge in [0.1, 0.15) is 35.1 Å². The summed E-state index contributed by atoms with van der Waals surface area (Å²) in [7, 11) is 0. The molecule has 2 aromatic heterocycles. The zero-order valence-corrected chi connectivity index (χ0v) is 31.8. The van der Waals surface area contributed by atoms with Gasteiger partial charge in [-0.3, -0.25) is 4.98 Å². The Balaban J connectivity index is 1.00. The molecule has 0 spiro atoms. The summed E-state index contributed by atoms with van der Waals surface area (Å²) in [6.07, 6.45) is 3.66. The Hall–Kier alpha value is -6.53. The minimum Gasteiger partial charge on any atom is -0.457 e. The average Bonchev–Trinajstić information content (AvgIpc) is 3.76. The van der Waals surface area contributed by atoms with E-state index in [4.69, 9.17) is 13.9 Å². The van der Waals surface area contributed by atoms with Crippen LogP contribution in [0.3, 0.4) is 0 Å². The molecule has 0 radical (unpaired) electrons. The van der Waals surface area contributed by atoms with Gasteiger partial charge in [0.25, 0.3) is 0 Å². The highest BCUT2D eigenvalue weighted by molar-refractivity contribution is 6.05. The summed E-state index contributed by atoms with van der Waals surface area (Å²) < 4.78 is 19.6. The minimum absolute atomic E-state index is 0.0555. The lowest BCUT2D eigenvalue weighted by molar-refractivity contribution is 0.459. The van der Waals surface area contributed by atoms with Crippen molar-refractivity contribution in [2.75, 3.05) is 16.5 Å². The molecular formula is C49H43N3O3. The predicted molar refractivity (Wildman–Crippen MR) is 224 cm³/mol. The van der Waals surface area contributed by atoms with Crippen molar-refractivity contribution in [1.29, 1.82) is 0 Å². The number of aromatic nitrogens is 1. The van der Waals surface area contributed by atoms with Gasteiger partial charge in [-0.25, -0.2) is 0 Å².